The van der Waals surface area contributed by atoms with E-state index in [0.29, 0.717) is 24.4 Å². The molecule has 1 aromatic heterocycles. The third kappa shape index (κ3) is 3.70. The molecular formula is C14H21ClN2OS2. The third-order valence-corrected chi connectivity index (χ3v) is 5.97. The number of likely N-dealkylation sites (tertiary alicyclic amines) is 1. The molecule has 2 aliphatic heterocycles. The van der Waals surface area contributed by atoms with Gasteiger partial charge >= 0.3 is 0 Å². The predicted octanol–water partition coefficient (Wildman–Crippen LogP) is 2.93. The molecule has 2 fully saturated rings. The second-order valence-corrected chi connectivity index (χ2v) is 7.32. The van der Waals surface area contributed by atoms with E-state index in [9.17, 15) is 4.79 Å². The number of thiophene rings is 1. The highest BCUT2D eigenvalue weighted by Crippen LogP contribution is 2.35. The average molecular weight is 333 g/mol. The van der Waals surface area contributed by atoms with Crippen molar-refractivity contribution in [3.8, 4) is 0 Å². The van der Waals surface area contributed by atoms with Gasteiger partial charge in [-0.2, -0.15) is 11.8 Å². The molecule has 0 spiro atoms. The highest BCUT2D eigenvalue weighted by atomic mass is 35.5. The van der Waals surface area contributed by atoms with E-state index in [0.717, 1.165) is 31.7 Å². The molecule has 2 atom stereocenters. The van der Waals surface area contributed by atoms with Crippen LogP contribution >= 0.6 is 35.5 Å². The molecule has 0 radical (unpaired) electrons. The Labute approximate surface area is 134 Å². The molecule has 0 saturated carbocycles. The molecule has 0 aromatic carbocycles. The fraction of sp³-hybridized carbons (Fsp3) is 0.643. The zero-order valence-electron chi connectivity index (χ0n) is 11.4. The Bertz CT molecular complexity index is 421. The van der Waals surface area contributed by atoms with Crippen molar-refractivity contribution in [1.82, 2.24) is 10.2 Å². The van der Waals surface area contributed by atoms with E-state index in [4.69, 9.17) is 0 Å². The molecule has 3 nitrogen and oxygen atoms in total. The van der Waals surface area contributed by atoms with Crippen LogP contribution in [-0.2, 0) is 4.79 Å². The average Bonchev–Trinajstić information content (AvgIpc) is 3.10. The Morgan fingerprint density at radius 1 is 1.50 bits per heavy atom. The summed E-state index contributed by atoms with van der Waals surface area (Å²) >= 11 is 3.73. The van der Waals surface area contributed by atoms with Gasteiger partial charge in [0.05, 0.1) is 6.04 Å². The van der Waals surface area contributed by atoms with Gasteiger partial charge in [-0.15, -0.1) is 23.7 Å². The van der Waals surface area contributed by atoms with Gasteiger partial charge in [0.1, 0.15) is 0 Å². The van der Waals surface area contributed by atoms with Crippen LogP contribution in [0.2, 0.25) is 0 Å². The molecule has 2 saturated heterocycles. The van der Waals surface area contributed by atoms with Crippen LogP contribution < -0.4 is 5.32 Å². The summed E-state index contributed by atoms with van der Waals surface area (Å²) < 4.78 is 0. The highest BCUT2D eigenvalue weighted by Gasteiger charge is 2.31. The summed E-state index contributed by atoms with van der Waals surface area (Å²) in [5.74, 6) is 2.58. The summed E-state index contributed by atoms with van der Waals surface area (Å²) in [6.07, 6.45) is 2.93. The third-order valence-electron chi connectivity index (χ3n) is 3.86. The number of amides is 1. The van der Waals surface area contributed by atoms with Crippen LogP contribution in [0.1, 0.15) is 30.2 Å². The van der Waals surface area contributed by atoms with Gasteiger partial charge in [-0.1, -0.05) is 6.07 Å². The van der Waals surface area contributed by atoms with Crippen molar-refractivity contribution in [1.29, 1.82) is 0 Å². The summed E-state index contributed by atoms with van der Waals surface area (Å²) in [5.41, 5.74) is 0. The summed E-state index contributed by atoms with van der Waals surface area (Å²) in [6, 6.07) is 4.95. The minimum atomic E-state index is 0. The van der Waals surface area contributed by atoms with Gasteiger partial charge in [-0.05, 0) is 24.3 Å². The van der Waals surface area contributed by atoms with Gasteiger partial charge < -0.3 is 10.2 Å². The molecule has 20 heavy (non-hydrogen) atoms. The summed E-state index contributed by atoms with van der Waals surface area (Å²) in [4.78, 5) is 15.9. The SMILES string of the molecule is Cl.O=C(CC1CSCCN1)N1CCCC1c1cccs1. The lowest BCUT2D eigenvalue weighted by Crippen LogP contribution is -2.42. The molecule has 2 aliphatic rings. The van der Waals surface area contributed by atoms with Crippen molar-refractivity contribution in [3.05, 3.63) is 22.4 Å². The van der Waals surface area contributed by atoms with Crippen molar-refractivity contribution in [3.63, 3.8) is 0 Å². The van der Waals surface area contributed by atoms with E-state index in [1.807, 2.05) is 11.8 Å². The maximum absolute atomic E-state index is 12.5. The molecule has 1 N–H and O–H groups in total. The van der Waals surface area contributed by atoms with Crippen molar-refractivity contribution in [2.24, 2.45) is 0 Å². The van der Waals surface area contributed by atoms with E-state index in [-0.39, 0.29) is 12.4 Å². The molecular weight excluding hydrogens is 312 g/mol. The Kier molecular flexibility index (Phi) is 6.20. The van der Waals surface area contributed by atoms with Gasteiger partial charge in [-0.3, -0.25) is 4.79 Å². The van der Waals surface area contributed by atoms with Gasteiger partial charge in [0.2, 0.25) is 5.91 Å². The predicted molar refractivity (Wildman–Crippen MR) is 89.0 cm³/mol. The van der Waals surface area contributed by atoms with Crippen LogP contribution in [0.25, 0.3) is 0 Å². The smallest absolute Gasteiger partial charge is 0.224 e. The number of hydrogen-bond donors (Lipinski definition) is 1. The molecule has 6 heteroatoms. The second-order valence-electron chi connectivity index (χ2n) is 5.19. The van der Waals surface area contributed by atoms with Crippen LogP contribution in [0.5, 0.6) is 0 Å². The second kappa shape index (κ2) is 7.69. The molecule has 1 amide bonds. The summed E-state index contributed by atoms with van der Waals surface area (Å²) in [5, 5.41) is 5.56. The first-order valence-corrected chi connectivity index (χ1v) is 9.02. The quantitative estimate of drug-likeness (QED) is 0.923. The molecule has 112 valence electrons. The zero-order chi connectivity index (χ0) is 13.1. The number of rotatable bonds is 3. The number of halogens is 1. The van der Waals surface area contributed by atoms with Gasteiger partial charge in [0.25, 0.3) is 0 Å². The Hall–Kier alpha value is -0.230. The lowest BCUT2D eigenvalue weighted by Gasteiger charge is -2.28. The number of hydrogen-bond acceptors (Lipinski definition) is 4. The number of carbonyl (C=O) groups excluding carboxylic acids is 1. The van der Waals surface area contributed by atoms with Crippen LogP contribution in [0.15, 0.2) is 17.5 Å². The standard InChI is InChI=1S/C14H20N2OS2.ClH/c17-14(9-11-10-18-8-5-15-11)16-6-1-3-12(16)13-4-2-7-19-13;/h2,4,7,11-12,15H,1,3,5-6,8-10H2;1H. The zero-order valence-corrected chi connectivity index (χ0v) is 13.9. The van der Waals surface area contributed by atoms with E-state index >= 15 is 0 Å². The van der Waals surface area contributed by atoms with Crippen LogP contribution in [0, 0.1) is 0 Å². The molecule has 0 aliphatic carbocycles. The number of nitrogens with one attached hydrogen (secondary N) is 1. The van der Waals surface area contributed by atoms with E-state index in [1.165, 1.54) is 10.6 Å². The van der Waals surface area contributed by atoms with Crippen LogP contribution in [0.3, 0.4) is 0 Å². The Balaban J connectivity index is 0.00000147. The minimum Gasteiger partial charge on any atom is -0.335 e. The Morgan fingerprint density at radius 3 is 3.10 bits per heavy atom. The van der Waals surface area contributed by atoms with Crippen molar-refractivity contribution in [2.45, 2.75) is 31.3 Å². The highest BCUT2D eigenvalue weighted by molar-refractivity contribution is 7.99. The van der Waals surface area contributed by atoms with Gasteiger partial charge in [-0.25, -0.2) is 0 Å². The lowest BCUT2D eigenvalue weighted by molar-refractivity contribution is -0.132. The summed E-state index contributed by atoms with van der Waals surface area (Å²) in [6.45, 7) is 1.97. The maximum atomic E-state index is 12.5. The van der Waals surface area contributed by atoms with E-state index < -0.39 is 0 Å². The van der Waals surface area contributed by atoms with Crippen LogP contribution in [-0.4, -0.2) is 41.4 Å². The number of nitrogens with zero attached hydrogens (tertiary/aromatic N) is 1. The van der Waals surface area contributed by atoms with Crippen molar-refractivity contribution in [2.75, 3.05) is 24.6 Å². The number of carbonyl (C=O) groups is 1. The van der Waals surface area contributed by atoms with Crippen molar-refractivity contribution < 1.29 is 4.79 Å². The first kappa shape index (κ1) is 16.1. The monoisotopic (exact) mass is 332 g/mol. The number of thioether (sulfide) groups is 1. The molecule has 2 unspecified atom stereocenters. The fourth-order valence-corrected chi connectivity index (χ4v) is 4.74. The molecule has 0 bridgehead atoms. The van der Waals surface area contributed by atoms with Crippen LogP contribution in [0.4, 0.5) is 0 Å². The molecule has 3 rings (SSSR count). The largest absolute Gasteiger partial charge is 0.335 e. The topological polar surface area (TPSA) is 32.3 Å². The normalized spacial score (nSPS) is 26.3. The first-order valence-electron chi connectivity index (χ1n) is 6.98. The molecule has 1 aromatic rings. The summed E-state index contributed by atoms with van der Waals surface area (Å²) in [7, 11) is 0. The van der Waals surface area contributed by atoms with Crippen molar-refractivity contribution >= 4 is 41.4 Å². The minimum absolute atomic E-state index is 0. The van der Waals surface area contributed by atoms with Gasteiger partial charge in [0, 0.05) is 41.9 Å². The molecule has 3 heterocycles. The maximum Gasteiger partial charge on any atom is 0.224 e. The first-order chi connectivity index (χ1) is 9.34. The fourth-order valence-electron chi connectivity index (χ4n) is 2.92. The van der Waals surface area contributed by atoms with E-state index in [2.05, 4.69) is 27.7 Å². The lowest BCUT2D eigenvalue weighted by atomic mass is 10.1. The van der Waals surface area contributed by atoms with Gasteiger partial charge in [0.15, 0.2) is 0 Å². The Morgan fingerprint density at radius 2 is 2.40 bits per heavy atom. The van der Waals surface area contributed by atoms with E-state index in [1.54, 1.807) is 11.3 Å².